The summed E-state index contributed by atoms with van der Waals surface area (Å²) in [6, 6.07) is 0. The lowest BCUT2D eigenvalue weighted by molar-refractivity contribution is 0.0615. The number of thiazole rings is 1. The van der Waals surface area contributed by atoms with Gasteiger partial charge in [-0.25, -0.2) is 4.98 Å². The lowest BCUT2D eigenvalue weighted by Crippen LogP contribution is -2.33. The van der Waals surface area contributed by atoms with E-state index in [1.807, 2.05) is 13.1 Å². The van der Waals surface area contributed by atoms with Crippen LogP contribution in [0.25, 0.3) is 0 Å². The Hall–Kier alpha value is -0.610. The maximum atomic E-state index is 10.1. The van der Waals surface area contributed by atoms with Gasteiger partial charge in [0.25, 0.3) is 0 Å². The van der Waals surface area contributed by atoms with Crippen molar-refractivity contribution in [3.8, 4) is 0 Å². The van der Waals surface area contributed by atoms with Crippen LogP contribution in [0.15, 0.2) is 6.20 Å². The SMILES string of the molecule is Cc1cnc(NCC2(O)CCCC2)s1. The molecule has 3 nitrogen and oxygen atoms in total. The summed E-state index contributed by atoms with van der Waals surface area (Å²) in [5.41, 5.74) is -0.487. The van der Waals surface area contributed by atoms with E-state index in [9.17, 15) is 5.11 Å². The average molecular weight is 212 g/mol. The van der Waals surface area contributed by atoms with Crippen LogP contribution >= 0.6 is 11.3 Å². The van der Waals surface area contributed by atoms with Gasteiger partial charge in [-0.2, -0.15) is 0 Å². The third-order valence-corrected chi connectivity index (χ3v) is 3.59. The molecular weight excluding hydrogens is 196 g/mol. The van der Waals surface area contributed by atoms with Gasteiger partial charge < -0.3 is 10.4 Å². The van der Waals surface area contributed by atoms with Crippen LogP contribution in [0.2, 0.25) is 0 Å². The molecule has 1 aromatic rings. The van der Waals surface area contributed by atoms with Crippen molar-refractivity contribution in [1.29, 1.82) is 0 Å². The van der Waals surface area contributed by atoms with Crippen molar-refractivity contribution in [3.63, 3.8) is 0 Å². The Bertz CT molecular complexity index is 305. The highest BCUT2D eigenvalue weighted by atomic mass is 32.1. The highest BCUT2D eigenvalue weighted by Crippen LogP contribution is 2.30. The van der Waals surface area contributed by atoms with Crippen molar-refractivity contribution in [2.75, 3.05) is 11.9 Å². The van der Waals surface area contributed by atoms with E-state index in [-0.39, 0.29) is 0 Å². The highest BCUT2D eigenvalue weighted by molar-refractivity contribution is 7.15. The molecule has 1 fully saturated rings. The van der Waals surface area contributed by atoms with Gasteiger partial charge in [0.15, 0.2) is 5.13 Å². The molecule has 0 saturated heterocycles. The summed E-state index contributed by atoms with van der Waals surface area (Å²) in [5, 5.41) is 14.2. The van der Waals surface area contributed by atoms with Crippen molar-refractivity contribution in [2.24, 2.45) is 0 Å². The second-order valence-electron chi connectivity index (χ2n) is 4.06. The molecular formula is C10H16N2OS. The van der Waals surface area contributed by atoms with Gasteiger partial charge in [-0.15, -0.1) is 11.3 Å². The van der Waals surface area contributed by atoms with Gasteiger partial charge in [0.05, 0.1) is 5.60 Å². The molecule has 1 heterocycles. The topological polar surface area (TPSA) is 45.2 Å². The van der Waals surface area contributed by atoms with E-state index in [1.54, 1.807) is 11.3 Å². The molecule has 0 aromatic carbocycles. The Kier molecular flexibility index (Phi) is 2.74. The molecule has 1 aliphatic carbocycles. The Balaban J connectivity index is 1.87. The maximum Gasteiger partial charge on any atom is 0.182 e. The first-order chi connectivity index (χ1) is 6.68. The van der Waals surface area contributed by atoms with Crippen molar-refractivity contribution >= 4 is 16.5 Å². The zero-order valence-electron chi connectivity index (χ0n) is 8.42. The van der Waals surface area contributed by atoms with E-state index in [1.165, 1.54) is 4.88 Å². The van der Waals surface area contributed by atoms with Crippen molar-refractivity contribution in [1.82, 2.24) is 4.98 Å². The summed E-state index contributed by atoms with van der Waals surface area (Å²) in [6.45, 7) is 2.67. The molecule has 0 spiro atoms. The molecule has 78 valence electrons. The fraction of sp³-hybridized carbons (Fsp3) is 0.700. The number of aryl methyl sites for hydroxylation is 1. The third kappa shape index (κ3) is 2.25. The van der Waals surface area contributed by atoms with E-state index in [0.29, 0.717) is 6.54 Å². The second-order valence-corrected chi connectivity index (χ2v) is 5.30. The third-order valence-electron chi connectivity index (χ3n) is 2.72. The van der Waals surface area contributed by atoms with Crippen LogP contribution in [-0.2, 0) is 0 Å². The van der Waals surface area contributed by atoms with Gasteiger partial charge in [-0.1, -0.05) is 12.8 Å². The van der Waals surface area contributed by atoms with Crippen LogP contribution in [0.3, 0.4) is 0 Å². The van der Waals surface area contributed by atoms with Crippen LogP contribution in [-0.4, -0.2) is 22.2 Å². The molecule has 2 N–H and O–H groups in total. The van der Waals surface area contributed by atoms with Crippen molar-refractivity contribution < 1.29 is 5.11 Å². The molecule has 0 aliphatic heterocycles. The number of anilines is 1. The van der Waals surface area contributed by atoms with Gasteiger partial charge in [0.2, 0.25) is 0 Å². The van der Waals surface area contributed by atoms with E-state index in [0.717, 1.165) is 30.8 Å². The first-order valence-corrected chi connectivity index (χ1v) is 5.88. The standard InChI is InChI=1S/C10H16N2OS/c1-8-6-11-9(14-8)12-7-10(13)4-2-3-5-10/h6,13H,2-5,7H2,1H3,(H,11,12). The zero-order valence-corrected chi connectivity index (χ0v) is 9.23. The highest BCUT2D eigenvalue weighted by Gasteiger charge is 2.30. The van der Waals surface area contributed by atoms with Crippen LogP contribution in [0.4, 0.5) is 5.13 Å². The lowest BCUT2D eigenvalue weighted by atomic mass is 10.0. The first-order valence-electron chi connectivity index (χ1n) is 5.07. The number of aliphatic hydroxyl groups is 1. The van der Waals surface area contributed by atoms with Gasteiger partial charge in [-0.05, 0) is 19.8 Å². The van der Waals surface area contributed by atoms with Crippen molar-refractivity contribution in [2.45, 2.75) is 38.2 Å². The number of hydrogen-bond acceptors (Lipinski definition) is 4. The number of aromatic nitrogens is 1. The fourth-order valence-corrected chi connectivity index (χ4v) is 2.55. The number of hydrogen-bond donors (Lipinski definition) is 2. The molecule has 1 aromatic heterocycles. The summed E-state index contributed by atoms with van der Waals surface area (Å²) in [4.78, 5) is 5.40. The molecule has 0 bridgehead atoms. The van der Waals surface area contributed by atoms with Gasteiger partial charge in [0, 0.05) is 17.6 Å². The van der Waals surface area contributed by atoms with Crippen molar-refractivity contribution in [3.05, 3.63) is 11.1 Å². The van der Waals surface area contributed by atoms with Crippen LogP contribution in [0.5, 0.6) is 0 Å². The van der Waals surface area contributed by atoms with E-state index in [2.05, 4.69) is 10.3 Å². The number of nitrogens with zero attached hydrogens (tertiary/aromatic N) is 1. The predicted molar refractivity (Wildman–Crippen MR) is 58.8 cm³/mol. The van der Waals surface area contributed by atoms with Crippen LogP contribution < -0.4 is 5.32 Å². The smallest absolute Gasteiger partial charge is 0.182 e. The molecule has 0 atom stereocenters. The number of nitrogens with one attached hydrogen (secondary N) is 1. The zero-order chi connectivity index (χ0) is 10.0. The molecule has 0 radical (unpaired) electrons. The molecule has 14 heavy (non-hydrogen) atoms. The minimum atomic E-state index is -0.487. The monoisotopic (exact) mass is 212 g/mol. The Labute approximate surface area is 88.2 Å². The van der Waals surface area contributed by atoms with Gasteiger partial charge >= 0.3 is 0 Å². The van der Waals surface area contributed by atoms with E-state index in [4.69, 9.17) is 0 Å². The van der Waals surface area contributed by atoms with E-state index < -0.39 is 5.60 Å². The Morgan fingerprint density at radius 3 is 2.86 bits per heavy atom. The van der Waals surface area contributed by atoms with Gasteiger partial charge in [0.1, 0.15) is 0 Å². The lowest BCUT2D eigenvalue weighted by Gasteiger charge is -2.21. The Morgan fingerprint density at radius 2 is 2.29 bits per heavy atom. The molecule has 4 heteroatoms. The summed E-state index contributed by atoms with van der Waals surface area (Å²) in [6.07, 6.45) is 5.99. The summed E-state index contributed by atoms with van der Waals surface area (Å²) < 4.78 is 0. The summed E-state index contributed by atoms with van der Waals surface area (Å²) in [7, 11) is 0. The van der Waals surface area contributed by atoms with E-state index >= 15 is 0 Å². The average Bonchev–Trinajstić information content (AvgIpc) is 2.73. The summed E-state index contributed by atoms with van der Waals surface area (Å²) >= 11 is 1.64. The normalized spacial score (nSPS) is 19.9. The minimum Gasteiger partial charge on any atom is -0.388 e. The maximum absolute atomic E-state index is 10.1. The minimum absolute atomic E-state index is 0.487. The van der Waals surface area contributed by atoms with Gasteiger partial charge in [-0.3, -0.25) is 0 Å². The molecule has 0 amide bonds. The molecule has 0 unspecified atom stereocenters. The predicted octanol–water partition coefficient (Wildman–Crippen LogP) is 2.17. The summed E-state index contributed by atoms with van der Waals surface area (Å²) in [5.74, 6) is 0. The molecule has 2 rings (SSSR count). The fourth-order valence-electron chi connectivity index (χ4n) is 1.89. The van der Waals surface area contributed by atoms with Crippen LogP contribution in [0, 0.1) is 6.92 Å². The van der Waals surface area contributed by atoms with Crippen LogP contribution in [0.1, 0.15) is 30.6 Å². The first kappa shape index (κ1) is 9.93. The molecule has 1 saturated carbocycles. The molecule has 1 aliphatic rings. The Morgan fingerprint density at radius 1 is 1.57 bits per heavy atom. The quantitative estimate of drug-likeness (QED) is 0.807. The largest absolute Gasteiger partial charge is 0.388 e. The second kappa shape index (κ2) is 3.87. The number of rotatable bonds is 3.